The summed E-state index contributed by atoms with van der Waals surface area (Å²) in [4.78, 5) is 19.6. The van der Waals surface area contributed by atoms with E-state index >= 15 is 0 Å². The fourth-order valence-electron chi connectivity index (χ4n) is 3.94. The zero-order valence-corrected chi connectivity index (χ0v) is 15.9. The summed E-state index contributed by atoms with van der Waals surface area (Å²) < 4.78 is 0. The van der Waals surface area contributed by atoms with Gasteiger partial charge in [-0.05, 0) is 44.9 Å². The van der Waals surface area contributed by atoms with Gasteiger partial charge >= 0.3 is 0 Å². The Morgan fingerprint density at radius 2 is 2.07 bits per heavy atom. The number of likely N-dealkylation sites (tertiary alicyclic amines) is 1. The van der Waals surface area contributed by atoms with Gasteiger partial charge in [-0.25, -0.2) is 0 Å². The van der Waals surface area contributed by atoms with E-state index < -0.39 is 6.10 Å². The number of nitrogens with zero attached hydrogens (tertiary/aromatic N) is 3. The Kier molecular flexibility index (Phi) is 4.44. The normalized spacial score (nSPS) is 19.8. The predicted octanol–water partition coefficient (Wildman–Crippen LogP) is 2.56. The first-order valence-electron chi connectivity index (χ1n) is 9.27. The van der Waals surface area contributed by atoms with Gasteiger partial charge in [0, 0.05) is 35.8 Å². The van der Waals surface area contributed by atoms with Crippen LogP contribution in [-0.4, -0.2) is 50.3 Å². The standard InChI is InChI=1S/C21H24N4O2/c1-12-5-4-6-17-18(8-13(2)22-20(12)17)21(27)25-10-15(19(26)11-25)9-16-7-14(3)23-24-16/h4-8,15,19,26H,9-11H2,1-3H3,(H,23,24)/t15-,19+/m1/s1. The molecule has 1 saturated heterocycles. The molecule has 2 atom stereocenters. The van der Waals surface area contributed by atoms with Gasteiger partial charge in [-0.3, -0.25) is 14.9 Å². The van der Waals surface area contributed by atoms with Crippen LogP contribution in [0.2, 0.25) is 0 Å². The lowest BCUT2D eigenvalue weighted by Crippen LogP contribution is -2.30. The van der Waals surface area contributed by atoms with E-state index in [1.165, 1.54) is 0 Å². The maximum absolute atomic E-state index is 13.2. The molecule has 1 aliphatic rings. The molecule has 27 heavy (non-hydrogen) atoms. The second-order valence-corrected chi connectivity index (χ2v) is 7.57. The summed E-state index contributed by atoms with van der Waals surface area (Å²) in [6, 6.07) is 9.73. The van der Waals surface area contributed by atoms with Crippen LogP contribution in [0, 0.1) is 26.7 Å². The smallest absolute Gasteiger partial charge is 0.254 e. The molecule has 1 amide bonds. The Morgan fingerprint density at radius 1 is 1.26 bits per heavy atom. The van der Waals surface area contributed by atoms with E-state index in [0.29, 0.717) is 25.1 Å². The average molecular weight is 364 g/mol. The van der Waals surface area contributed by atoms with Gasteiger partial charge in [0.25, 0.3) is 5.91 Å². The van der Waals surface area contributed by atoms with Gasteiger partial charge in [-0.1, -0.05) is 18.2 Å². The van der Waals surface area contributed by atoms with Gasteiger partial charge in [0.2, 0.25) is 0 Å². The number of β-amino-alcohol motifs (C(OH)–C–C–N with tert-alkyl or cyclic N) is 1. The highest BCUT2D eigenvalue weighted by Gasteiger charge is 2.35. The summed E-state index contributed by atoms with van der Waals surface area (Å²) in [5, 5.41) is 18.5. The number of aromatic nitrogens is 3. The molecule has 0 saturated carbocycles. The third-order valence-electron chi connectivity index (χ3n) is 5.32. The average Bonchev–Trinajstić information content (AvgIpc) is 3.20. The SMILES string of the molecule is Cc1cc(C(=O)N2C[C@@H](Cc3cc(C)[nH]n3)[C@@H](O)C2)c2cccc(C)c2n1. The number of pyridine rings is 1. The minimum absolute atomic E-state index is 0.00687. The number of aromatic amines is 1. The van der Waals surface area contributed by atoms with Crippen LogP contribution in [0.4, 0.5) is 0 Å². The number of rotatable bonds is 3. The van der Waals surface area contributed by atoms with E-state index in [-0.39, 0.29) is 11.8 Å². The third kappa shape index (κ3) is 3.32. The number of nitrogens with one attached hydrogen (secondary N) is 1. The number of aliphatic hydroxyl groups is 1. The van der Waals surface area contributed by atoms with Crippen molar-refractivity contribution in [1.29, 1.82) is 0 Å². The lowest BCUT2D eigenvalue weighted by molar-refractivity contribution is 0.0766. The molecule has 6 nitrogen and oxygen atoms in total. The van der Waals surface area contributed by atoms with Gasteiger partial charge in [0.1, 0.15) is 0 Å². The maximum Gasteiger partial charge on any atom is 0.254 e. The number of carbonyl (C=O) groups is 1. The van der Waals surface area contributed by atoms with Crippen LogP contribution >= 0.6 is 0 Å². The fourth-order valence-corrected chi connectivity index (χ4v) is 3.94. The molecule has 4 rings (SSSR count). The number of amides is 1. The third-order valence-corrected chi connectivity index (χ3v) is 5.32. The maximum atomic E-state index is 13.2. The molecule has 1 aliphatic heterocycles. The summed E-state index contributed by atoms with van der Waals surface area (Å²) >= 11 is 0. The molecule has 1 fully saturated rings. The first-order chi connectivity index (χ1) is 12.9. The first-order valence-corrected chi connectivity index (χ1v) is 9.27. The zero-order chi connectivity index (χ0) is 19.1. The Hall–Kier alpha value is -2.73. The van der Waals surface area contributed by atoms with Crippen LogP contribution in [0.25, 0.3) is 10.9 Å². The van der Waals surface area contributed by atoms with Crippen molar-refractivity contribution in [2.24, 2.45) is 5.92 Å². The number of aliphatic hydroxyl groups excluding tert-OH is 1. The van der Waals surface area contributed by atoms with Crippen LogP contribution in [0.3, 0.4) is 0 Å². The van der Waals surface area contributed by atoms with Crippen LogP contribution in [-0.2, 0) is 6.42 Å². The second-order valence-electron chi connectivity index (χ2n) is 7.57. The summed E-state index contributed by atoms with van der Waals surface area (Å²) in [7, 11) is 0. The van der Waals surface area contributed by atoms with E-state index in [9.17, 15) is 9.90 Å². The van der Waals surface area contributed by atoms with Crippen molar-refractivity contribution >= 4 is 16.8 Å². The summed E-state index contributed by atoms with van der Waals surface area (Å²) in [6.07, 6.45) is 0.117. The number of hydrogen-bond donors (Lipinski definition) is 2. The van der Waals surface area contributed by atoms with Gasteiger partial charge in [-0.15, -0.1) is 0 Å². The molecule has 3 aromatic rings. The molecule has 3 heterocycles. The molecule has 0 unspecified atom stereocenters. The highest BCUT2D eigenvalue weighted by Crippen LogP contribution is 2.27. The lowest BCUT2D eigenvalue weighted by atomic mass is 10.00. The largest absolute Gasteiger partial charge is 0.391 e. The van der Waals surface area contributed by atoms with Crippen molar-refractivity contribution in [3.63, 3.8) is 0 Å². The van der Waals surface area contributed by atoms with Crippen molar-refractivity contribution < 1.29 is 9.90 Å². The first kappa shape index (κ1) is 17.7. The number of aryl methyl sites for hydroxylation is 3. The van der Waals surface area contributed by atoms with Gasteiger partial charge < -0.3 is 10.0 Å². The summed E-state index contributed by atoms with van der Waals surface area (Å²) in [5.41, 5.74) is 5.32. The zero-order valence-electron chi connectivity index (χ0n) is 15.9. The molecule has 140 valence electrons. The van der Waals surface area contributed by atoms with E-state index in [1.54, 1.807) is 4.90 Å². The molecule has 6 heteroatoms. The number of hydrogen-bond acceptors (Lipinski definition) is 4. The second kappa shape index (κ2) is 6.78. The fraction of sp³-hybridized carbons (Fsp3) is 0.381. The number of fused-ring (bicyclic) bond motifs is 1. The predicted molar refractivity (Wildman–Crippen MR) is 104 cm³/mol. The molecule has 0 radical (unpaired) electrons. The van der Waals surface area contributed by atoms with Crippen molar-refractivity contribution in [2.45, 2.75) is 33.3 Å². The van der Waals surface area contributed by atoms with Crippen molar-refractivity contribution in [2.75, 3.05) is 13.1 Å². The number of para-hydroxylation sites is 1. The molecular weight excluding hydrogens is 340 g/mol. The van der Waals surface area contributed by atoms with Crippen molar-refractivity contribution in [1.82, 2.24) is 20.1 Å². The lowest BCUT2D eigenvalue weighted by Gasteiger charge is -2.18. The molecule has 2 aromatic heterocycles. The quantitative estimate of drug-likeness (QED) is 0.748. The highest BCUT2D eigenvalue weighted by atomic mass is 16.3. The van der Waals surface area contributed by atoms with E-state index in [2.05, 4.69) is 15.2 Å². The number of carbonyl (C=O) groups excluding carboxylic acids is 1. The summed E-state index contributed by atoms with van der Waals surface area (Å²) in [5.74, 6) is -0.0524. The molecule has 0 bridgehead atoms. The minimum Gasteiger partial charge on any atom is -0.391 e. The molecule has 1 aromatic carbocycles. The molecule has 0 spiro atoms. The van der Waals surface area contributed by atoms with E-state index in [0.717, 1.165) is 33.5 Å². The monoisotopic (exact) mass is 364 g/mol. The van der Waals surface area contributed by atoms with Crippen LogP contribution < -0.4 is 0 Å². The highest BCUT2D eigenvalue weighted by molar-refractivity contribution is 6.06. The van der Waals surface area contributed by atoms with Gasteiger partial charge in [0.05, 0.1) is 22.9 Å². The Balaban J connectivity index is 1.60. The Morgan fingerprint density at radius 3 is 2.81 bits per heavy atom. The molecule has 0 aliphatic carbocycles. The van der Waals surface area contributed by atoms with Gasteiger partial charge in [-0.2, -0.15) is 5.10 Å². The van der Waals surface area contributed by atoms with Crippen molar-refractivity contribution in [3.05, 3.63) is 58.5 Å². The molecule has 2 N–H and O–H groups in total. The molecular formula is C21H24N4O2. The number of H-pyrrole nitrogens is 1. The number of benzene rings is 1. The van der Waals surface area contributed by atoms with Crippen LogP contribution in [0.15, 0.2) is 30.3 Å². The Bertz CT molecular complexity index is 1010. The van der Waals surface area contributed by atoms with Crippen molar-refractivity contribution in [3.8, 4) is 0 Å². The van der Waals surface area contributed by atoms with Gasteiger partial charge in [0.15, 0.2) is 0 Å². The van der Waals surface area contributed by atoms with E-state index in [4.69, 9.17) is 0 Å². The van der Waals surface area contributed by atoms with E-state index in [1.807, 2.05) is 51.1 Å². The minimum atomic E-state index is -0.540. The summed E-state index contributed by atoms with van der Waals surface area (Å²) in [6.45, 7) is 6.74. The van der Waals surface area contributed by atoms with Crippen LogP contribution in [0.5, 0.6) is 0 Å². The Labute approximate surface area is 158 Å². The topological polar surface area (TPSA) is 82.1 Å². The van der Waals surface area contributed by atoms with Crippen LogP contribution in [0.1, 0.15) is 33.0 Å².